The molecule has 1 saturated carbocycles. The van der Waals surface area contributed by atoms with E-state index in [1.54, 1.807) is 0 Å². The fraction of sp³-hybridized carbons (Fsp3) is 0.692. The van der Waals surface area contributed by atoms with Crippen LogP contribution in [0.2, 0.25) is 0 Å². The molecule has 1 amide bonds. The molecule has 0 radical (unpaired) electrons. The first-order valence-electron chi connectivity index (χ1n) is 6.75. The van der Waals surface area contributed by atoms with Crippen molar-refractivity contribution in [2.75, 3.05) is 6.54 Å². The molecule has 0 aliphatic heterocycles. The number of hydrogen-bond acceptors (Lipinski definition) is 4. The molecular weight excluding hydrogens is 230 g/mol. The fourth-order valence-electron chi connectivity index (χ4n) is 2.34. The average molecular weight is 251 g/mol. The van der Waals surface area contributed by atoms with Crippen molar-refractivity contribution >= 4 is 5.91 Å². The topological polar surface area (TPSA) is 81.1 Å². The fourth-order valence-corrected chi connectivity index (χ4v) is 2.34. The summed E-state index contributed by atoms with van der Waals surface area (Å²) in [5, 5.41) is 3.04. The number of aromatic nitrogens is 1. The zero-order valence-corrected chi connectivity index (χ0v) is 10.7. The molecule has 2 rings (SSSR count). The van der Waals surface area contributed by atoms with Gasteiger partial charge in [-0.3, -0.25) is 4.79 Å². The third-order valence-electron chi connectivity index (χ3n) is 3.33. The Balaban J connectivity index is 1.89. The van der Waals surface area contributed by atoms with E-state index in [1.807, 2.05) is 0 Å². The maximum atomic E-state index is 12.0. The lowest BCUT2D eigenvalue weighted by atomic mass is 10.1. The lowest BCUT2D eigenvalue weighted by Crippen LogP contribution is -2.34. The Bertz CT molecular complexity index is 381. The summed E-state index contributed by atoms with van der Waals surface area (Å²) in [6.07, 6.45) is 9.06. The van der Waals surface area contributed by atoms with E-state index in [2.05, 4.69) is 10.3 Å². The first-order valence-corrected chi connectivity index (χ1v) is 6.75. The SMILES string of the molecule is NCCc1nc(C(=O)NC2CCCCCC2)co1. The van der Waals surface area contributed by atoms with Crippen LogP contribution in [0.25, 0.3) is 0 Å². The van der Waals surface area contributed by atoms with E-state index >= 15 is 0 Å². The minimum absolute atomic E-state index is 0.131. The van der Waals surface area contributed by atoms with Gasteiger partial charge in [0.2, 0.25) is 0 Å². The highest BCUT2D eigenvalue weighted by Gasteiger charge is 2.18. The monoisotopic (exact) mass is 251 g/mol. The Labute approximate surface area is 107 Å². The zero-order valence-electron chi connectivity index (χ0n) is 10.7. The minimum atomic E-state index is -0.131. The van der Waals surface area contributed by atoms with Gasteiger partial charge in [-0.15, -0.1) is 0 Å². The Kier molecular flexibility index (Phi) is 4.75. The molecule has 1 heterocycles. The molecule has 0 saturated heterocycles. The van der Waals surface area contributed by atoms with Crippen molar-refractivity contribution in [2.24, 2.45) is 5.73 Å². The summed E-state index contributed by atoms with van der Waals surface area (Å²) in [6, 6.07) is 0.287. The smallest absolute Gasteiger partial charge is 0.273 e. The van der Waals surface area contributed by atoms with Gasteiger partial charge >= 0.3 is 0 Å². The van der Waals surface area contributed by atoms with Crippen LogP contribution in [0, 0.1) is 0 Å². The molecule has 0 spiro atoms. The molecule has 0 unspecified atom stereocenters. The summed E-state index contributed by atoms with van der Waals surface area (Å²) in [5.74, 6) is 0.400. The number of amides is 1. The molecule has 1 aliphatic rings. The van der Waals surface area contributed by atoms with Gasteiger partial charge in [0.05, 0.1) is 0 Å². The van der Waals surface area contributed by atoms with Gasteiger partial charge in [-0.05, 0) is 12.8 Å². The van der Waals surface area contributed by atoms with Crippen molar-refractivity contribution in [3.8, 4) is 0 Å². The summed E-state index contributed by atoms with van der Waals surface area (Å²) in [4.78, 5) is 16.1. The van der Waals surface area contributed by atoms with E-state index in [0.717, 1.165) is 12.8 Å². The molecule has 100 valence electrons. The van der Waals surface area contributed by atoms with Crippen LogP contribution >= 0.6 is 0 Å². The van der Waals surface area contributed by atoms with Gasteiger partial charge in [0.1, 0.15) is 6.26 Å². The predicted molar refractivity (Wildman–Crippen MR) is 68.2 cm³/mol. The molecule has 18 heavy (non-hydrogen) atoms. The number of nitrogens with two attached hydrogens (primary N) is 1. The third-order valence-corrected chi connectivity index (χ3v) is 3.33. The molecule has 1 aromatic heterocycles. The third kappa shape index (κ3) is 3.57. The second-order valence-electron chi connectivity index (χ2n) is 4.83. The first-order chi connectivity index (χ1) is 8.79. The van der Waals surface area contributed by atoms with E-state index in [9.17, 15) is 4.79 Å². The van der Waals surface area contributed by atoms with Crippen LogP contribution in [-0.4, -0.2) is 23.5 Å². The van der Waals surface area contributed by atoms with Crippen LogP contribution in [-0.2, 0) is 6.42 Å². The lowest BCUT2D eigenvalue weighted by molar-refractivity contribution is 0.0928. The molecule has 1 aromatic rings. The lowest BCUT2D eigenvalue weighted by Gasteiger charge is -2.14. The Morgan fingerprint density at radius 1 is 1.39 bits per heavy atom. The summed E-state index contributed by atoms with van der Waals surface area (Å²) < 4.78 is 5.19. The number of carbonyl (C=O) groups excluding carboxylic acids is 1. The van der Waals surface area contributed by atoms with Crippen LogP contribution in [0.1, 0.15) is 54.9 Å². The van der Waals surface area contributed by atoms with E-state index in [1.165, 1.54) is 31.9 Å². The summed E-state index contributed by atoms with van der Waals surface area (Å²) in [5.41, 5.74) is 5.78. The standard InChI is InChI=1S/C13H21N3O2/c14-8-7-12-16-11(9-18-12)13(17)15-10-5-3-1-2-4-6-10/h9-10H,1-8,14H2,(H,15,17). The van der Waals surface area contributed by atoms with Gasteiger partial charge in [-0.2, -0.15) is 0 Å². The van der Waals surface area contributed by atoms with Gasteiger partial charge in [0, 0.05) is 19.0 Å². The van der Waals surface area contributed by atoms with Crippen molar-refractivity contribution in [3.63, 3.8) is 0 Å². The highest BCUT2D eigenvalue weighted by Crippen LogP contribution is 2.17. The van der Waals surface area contributed by atoms with Crippen LogP contribution in [0.3, 0.4) is 0 Å². The normalized spacial score (nSPS) is 17.4. The van der Waals surface area contributed by atoms with E-state index in [-0.39, 0.29) is 11.9 Å². The number of carbonyl (C=O) groups is 1. The largest absolute Gasteiger partial charge is 0.448 e. The van der Waals surface area contributed by atoms with Gasteiger partial charge in [0.15, 0.2) is 11.6 Å². The molecule has 5 heteroatoms. The molecule has 1 fully saturated rings. The second kappa shape index (κ2) is 6.54. The van der Waals surface area contributed by atoms with E-state index in [4.69, 9.17) is 10.2 Å². The summed E-state index contributed by atoms with van der Waals surface area (Å²) in [6.45, 7) is 0.476. The first kappa shape index (κ1) is 13.1. The maximum absolute atomic E-state index is 12.0. The quantitative estimate of drug-likeness (QED) is 0.797. The van der Waals surface area contributed by atoms with Crippen LogP contribution < -0.4 is 11.1 Å². The van der Waals surface area contributed by atoms with Crippen molar-refractivity contribution < 1.29 is 9.21 Å². The number of nitrogens with zero attached hydrogens (tertiary/aromatic N) is 1. The summed E-state index contributed by atoms with van der Waals surface area (Å²) >= 11 is 0. The predicted octanol–water partition coefficient (Wildman–Crippen LogP) is 1.63. The van der Waals surface area contributed by atoms with Gasteiger partial charge in [0.25, 0.3) is 5.91 Å². The minimum Gasteiger partial charge on any atom is -0.448 e. The molecular formula is C13H21N3O2. The van der Waals surface area contributed by atoms with Crippen LogP contribution in [0.4, 0.5) is 0 Å². The highest BCUT2D eigenvalue weighted by atomic mass is 16.3. The number of nitrogens with one attached hydrogen (secondary N) is 1. The van der Waals surface area contributed by atoms with Crippen molar-refractivity contribution in [1.82, 2.24) is 10.3 Å². The number of oxazole rings is 1. The maximum Gasteiger partial charge on any atom is 0.273 e. The molecule has 3 N–H and O–H groups in total. The Morgan fingerprint density at radius 2 is 2.11 bits per heavy atom. The van der Waals surface area contributed by atoms with Gasteiger partial charge in [-0.25, -0.2) is 4.98 Å². The molecule has 5 nitrogen and oxygen atoms in total. The molecule has 1 aliphatic carbocycles. The Morgan fingerprint density at radius 3 is 2.78 bits per heavy atom. The van der Waals surface area contributed by atoms with Crippen molar-refractivity contribution in [1.29, 1.82) is 0 Å². The van der Waals surface area contributed by atoms with Crippen LogP contribution in [0.15, 0.2) is 10.7 Å². The van der Waals surface area contributed by atoms with Crippen molar-refractivity contribution in [2.45, 2.75) is 51.0 Å². The van der Waals surface area contributed by atoms with Crippen LogP contribution in [0.5, 0.6) is 0 Å². The zero-order chi connectivity index (χ0) is 12.8. The highest BCUT2D eigenvalue weighted by molar-refractivity contribution is 5.92. The average Bonchev–Trinajstić information content (AvgIpc) is 2.67. The van der Waals surface area contributed by atoms with E-state index < -0.39 is 0 Å². The van der Waals surface area contributed by atoms with E-state index in [0.29, 0.717) is 24.6 Å². The Hall–Kier alpha value is -1.36. The number of hydrogen-bond donors (Lipinski definition) is 2. The second-order valence-corrected chi connectivity index (χ2v) is 4.83. The van der Waals surface area contributed by atoms with Gasteiger partial charge < -0.3 is 15.5 Å². The number of rotatable bonds is 4. The van der Waals surface area contributed by atoms with Gasteiger partial charge in [-0.1, -0.05) is 25.7 Å². The molecule has 0 atom stereocenters. The summed E-state index contributed by atoms with van der Waals surface area (Å²) in [7, 11) is 0. The molecule has 0 aromatic carbocycles. The molecule has 0 bridgehead atoms. The van der Waals surface area contributed by atoms with Crippen molar-refractivity contribution in [3.05, 3.63) is 17.8 Å².